The van der Waals surface area contributed by atoms with E-state index in [4.69, 9.17) is 0 Å². The highest BCUT2D eigenvalue weighted by Gasteiger charge is 2.01. The lowest BCUT2D eigenvalue weighted by molar-refractivity contribution is -0.697. The Hall–Kier alpha value is -1.14. The van der Waals surface area contributed by atoms with Crippen LogP contribution in [0.25, 0.3) is 0 Å². The Bertz CT molecular complexity index is 575. The van der Waals surface area contributed by atoms with Crippen LogP contribution in [-0.4, -0.2) is 14.1 Å². The van der Waals surface area contributed by atoms with Gasteiger partial charge in [0.25, 0.3) is 0 Å². The van der Waals surface area contributed by atoms with Crippen LogP contribution >= 0.6 is 0 Å². The van der Waals surface area contributed by atoms with E-state index >= 15 is 0 Å². The zero-order valence-electron chi connectivity index (χ0n) is 18.8. The molecule has 0 radical (unpaired) electrons. The topological polar surface area (TPSA) is 31.8 Å². The lowest BCUT2D eigenvalue weighted by Gasteiger charge is -2.03. The Labute approximate surface area is 205 Å². The molecule has 0 aliphatic carbocycles. The molecule has 0 amide bonds. The number of unbranched alkanes of at least 4 members (excludes halogenated alkanes) is 9. The molecule has 0 aromatic carbocycles. The van der Waals surface area contributed by atoms with E-state index in [1.165, 1.54) is 75.6 Å². The Kier molecular flexibility index (Phi) is 17.9. The highest BCUT2D eigenvalue weighted by atomic mass is 79.9. The third-order valence-electron chi connectivity index (χ3n) is 5.44. The van der Waals surface area contributed by atoms with Crippen molar-refractivity contribution in [3.63, 3.8) is 0 Å². The van der Waals surface area contributed by atoms with E-state index in [0.717, 1.165) is 13.1 Å². The van der Waals surface area contributed by atoms with Gasteiger partial charge in [0.1, 0.15) is 13.1 Å². The molecule has 0 aliphatic heterocycles. The van der Waals surface area contributed by atoms with Crippen LogP contribution in [0.2, 0.25) is 0 Å². The van der Waals surface area contributed by atoms with Gasteiger partial charge in [0.15, 0.2) is 24.8 Å². The van der Waals surface area contributed by atoms with Gasteiger partial charge in [-0.25, -0.2) is 9.13 Å². The molecule has 2 aromatic heterocycles. The lowest BCUT2D eigenvalue weighted by Crippen LogP contribution is -3.00. The predicted octanol–water partition coefficient (Wildman–Crippen LogP) is -1.05. The maximum Gasteiger partial charge on any atom is 0.170 e. The second-order valence-electron chi connectivity index (χ2n) is 7.68. The molecule has 0 atom stereocenters. The third-order valence-corrected chi connectivity index (χ3v) is 5.44. The molecular weight excluding hydrogens is 504 g/mol. The fraction of sp³-hybridized carbons (Fsp3) is 0.583. The van der Waals surface area contributed by atoms with Gasteiger partial charge in [-0.2, -0.15) is 0 Å². The fourth-order valence-corrected chi connectivity index (χ4v) is 3.55. The molecule has 30 heavy (non-hydrogen) atoms. The Morgan fingerprint density at radius 2 is 0.767 bits per heavy atom. The number of aromatic nitrogens is 2. The van der Waals surface area contributed by atoms with Crippen molar-refractivity contribution in [3.8, 4) is 0 Å². The molecule has 6 heteroatoms. The monoisotopic (exact) mass is 542 g/mol. The van der Waals surface area contributed by atoms with Gasteiger partial charge in [-0.05, 0) is 12.8 Å². The van der Waals surface area contributed by atoms with E-state index in [-0.39, 0.29) is 34.0 Å². The van der Waals surface area contributed by atoms with Gasteiger partial charge >= 0.3 is 0 Å². The summed E-state index contributed by atoms with van der Waals surface area (Å²) in [6, 6.07) is 8.55. The van der Waals surface area contributed by atoms with Crippen LogP contribution in [0.4, 0.5) is 11.4 Å². The molecule has 2 N–H and O–H groups in total. The number of hydrogen-bond acceptors (Lipinski definition) is 2. The summed E-state index contributed by atoms with van der Waals surface area (Å²) in [5.74, 6) is 0. The van der Waals surface area contributed by atoms with Crippen molar-refractivity contribution < 1.29 is 43.1 Å². The smallest absolute Gasteiger partial charge is 0.170 e. The average Bonchev–Trinajstić information content (AvgIpc) is 2.75. The van der Waals surface area contributed by atoms with Crippen LogP contribution in [0, 0.1) is 0 Å². The summed E-state index contributed by atoms with van der Waals surface area (Å²) in [7, 11) is 3.92. The Morgan fingerprint density at radius 1 is 0.500 bits per heavy atom. The van der Waals surface area contributed by atoms with Gasteiger partial charge in [-0.1, -0.05) is 38.5 Å². The molecule has 2 heterocycles. The van der Waals surface area contributed by atoms with Crippen molar-refractivity contribution in [2.24, 2.45) is 0 Å². The summed E-state index contributed by atoms with van der Waals surface area (Å²) < 4.78 is 4.57. The zero-order chi connectivity index (χ0) is 19.9. The molecule has 0 saturated heterocycles. The van der Waals surface area contributed by atoms with E-state index < -0.39 is 0 Å². The molecular formula is C24H40Br2N4. The van der Waals surface area contributed by atoms with Gasteiger partial charge in [-0.3, -0.25) is 0 Å². The Balaban J connectivity index is 0.00000420. The number of nitrogens with zero attached hydrogens (tertiary/aromatic N) is 2. The fourth-order valence-electron chi connectivity index (χ4n) is 3.55. The van der Waals surface area contributed by atoms with Crippen LogP contribution in [0.1, 0.15) is 64.2 Å². The highest BCUT2D eigenvalue weighted by Crippen LogP contribution is 2.11. The van der Waals surface area contributed by atoms with Gasteiger partial charge < -0.3 is 44.6 Å². The first kappa shape index (κ1) is 28.9. The minimum Gasteiger partial charge on any atom is -1.00 e. The number of pyridine rings is 2. The molecule has 0 spiro atoms. The second-order valence-corrected chi connectivity index (χ2v) is 7.68. The maximum atomic E-state index is 3.16. The number of aryl methyl sites for hydroxylation is 2. The van der Waals surface area contributed by atoms with Crippen molar-refractivity contribution in [1.82, 2.24) is 0 Å². The van der Waals surface area contributed by atoms with E-state index in [9.17, 15) is 0 Å². The normalized spacial score (nSPS) is 10.1. The number of halogens is 2. The number of nitrogens with one attached hydrogen (secondary N) is 2. The Morgan fingerprint density at radius 3 is 1.03 bits per heavy atom. The quantitative estimate of drug-likeness (QED) is 0.222. The summed E-state index contributed by atoms with van der Waals surface area (Å²) in [6.07, 6.45) is 22.3. The van der Waals surface area contributed by atoms with E-state index in [2.05, 4.69) is 68.8 Å². The van der Waals surface area contributed by atoms with Crippen molar-refractivity contribution in [2.75, 3.05) is 24.7 Å². The summed E-state index contributed by atoms with van der Waals surface area (Å²) in [6.45, 7) is 2.28. The molecule has 4 nitrogen and oxygen atoms in total. The largest absolute Gasteiger partial charge is 1.00 e. The van der Waals surface area contributed by atoms with Crippen molar-refractivity contribution in [1.29, 1.82) is 0 Å². The van der Waals surface area contributed by atoms with Gasteiger partial charge in [0, 0.05) is 62.6 Å². The first-order chi connectivity index (χ1) is 13.8. The molecule has 0 unspecified atom stereocenters. The van der Waals surface area contributed by atoms with Crippen molar-refractivity contribution in [2.45, 2.75) is 77.3 Å². The summed E-state index contributed by atoms with van der Waals surface area (Å²) in [5.41, 5.74) is 2.36. The molecule has 0 bridgehead atoms. The molecule has 2 aromatic rings. The summed E-state index contributed by atoms with van der Waals surface area (Å²) in [5, 5.41) is 6.32. The minimum atomic E-state index is 0. The standard InChI is InChI=1S/C24H38N4.2BrH/c1-25-23-13-19-27(20-14-23)17-11-9-7-5-3-4-6-8-10-12-18-28-21-15-24(26-2)16-22-28;;/h13-16,19-22H,3-12,17-18H2,1-2H3;2*1H. The van der Waals surface area contributed by atoms with E-state index in [0.29, 0.717) is 0 Å². The highest BCUT2D eigenvalue weighted by molar-refractivity contribution is 5.39. The van der Waals surface area contributed by atoms with Crippen molar-refractivity contribution in [3.05, 3.63) is 49.1 Å². The first-order valence-corrected chi connectivity index (χ1v) is 11.2. The van der Waals surface area contributed by atoms with Gasteiger partial charge in [0.05, 0.1) is 0 Å². The molecule has 2 rings (SSSR count). The zero-order valence-corrected chi connectivity index (χ0v) is 21.9. The van der Waals surface area contributed by atoms with E-state index in [1.807, 2.05) is 14.1 Å². The van der Waals surface area contributed by atoms with Crippen molar-refractivity contribution >= 4 is 11.4 Å². The van der Waals surface area contributed by atoms with Crippen LogP contribution in [0.15, 0.2) is 49.1 Å². The van der Waals surface area contributed by atoms with Crippen LogP contribution < -0.4 is 53.7 Å². The first-order valence-electron chi connectivity index (χ1n) is 11.2. The lowest BCUT2D eigenvalue weighted by atomic mass is 10.1. The van der Waals surface area contributed by atoms with E-state index in [1.54, 1.807) is 0 Å². The van der Waals surface area contributed by atoms with Crippen LogP contribution in [0.5, 0.6) is 0 Å². The molecule has 170 valence electrons. The SMILES string of the molecule is CNc1cc[n+](CCCCCCCCCCCC[n+]2ccc(NC)cc2)cc1.[Br-].[Br-]. The molecule has 0 fully saturated rings. The maximum absolute atomic E-state index is 3.16. The average molecular weight is 544 g/mol. The summed E-state index contributed by atoms with van der Waals surface area (Å²) >= 11 is 0. The second kappa shape index (κ2) is 18.6. The third kappa shape index (κ3) is 12.5. The van der Waals surface area contributed by atoms with Gasteiger partial charge in [-0.15, -0.1) is 0 Å². The number of anilines is 2. The predicted molar refractivity (Wildman–Crippen MR) is 119 cm³/mol. The minimum absolute atomic E-state index is 0. The molecule has 0 aliphatic rings. The van der Waals surface area contributed by atoms with Gasteiger partial charge in [0.2, 0.25) is 0 Å². The number of hydrogen-bond donors (Lipinski definition) is 2. The van der Waals surface area contributed by atoms with Crippen LogP contribution in [-0.2, 0) is 13.1 Å². The molecule has 0 saturated carbocycles. The van der Waals surface area contributed by atoms with Crippen LogP contribution in [0.3, 0.4) is 0 Å². The summed E-state index contributed by atoms with van der Waals surface area (Å²) in [4.78, 5) is 0. The number of rotatable bonds is 15.